The fraction of sp³-hybridized carbons (Fsp3) is 0.846. The summed E-state index contributed by atoms with van der Waals surface area (Å²) in [6, 6.07) is 0. The molecule has 0 aromatic rings. The molecule has 0 aromatic carbocycles. The molecule has 18 heavy (non-hydrogen) atoms. The Kier molecular flexibility index (Phi) is 5.59. The number of rotatable bonds is 8. The van der Waals surface area contributed by atoms with Crippen LogP contribution in [-0.2, 0) is 14.3 Å². The lowest BCUT2D eigenvalue weighted by atomic mass is 9.77. The monoisotopic (exact) mass is 257 g/mol. The summed E-state index contributed by atoms with van der Waals surface area (Å²) >= 11 is 0. The summed E-state index contributed by atoms with van der Waals surface area (Å²) < 4.78 is 5.39. The van der Waals surface area contributed by atoms with Gasteiger partial charge in [0.2, 0.25) is 5.91 Å². The summed E-state index contributed by atoms with van der Waals surface area (Å²) in [6.45, 7) is 2.36. The molecule has 0 saturated heterocycles. The van der Waals surface area contributed by atoms with Gasteiger partial charge < -0.3 is 15.2 Å². The largest absolute Gasteiger partial charge is 0.481 e. The van der Waals surface area contributed by atoms with Crippen LogP contribution in [-0.4, -0.2) is 36.2 Å². The van der Waals surface area contributed by atoms with E-state index in [0.29, 0.717) is 13.0 Å². The van der Waals surface area contributed by atoms with Crippen molar-refractivity contribution in [2.45, 2.75) is 51.0 Å². The molecule has 5 nitrogen and oxygen atoms in total. The number of ether oxygens (including phenoxy) is 1. The van der Waals surface area contributed by atoms with Crippen LogP contribution >= 0.6 is 0 Å². The Morgan fingerprint density at radius 2 is 2.11 bits per heavy atom. The third-order valence-corrected chi connectivity index (χ3v) is 3.81. The molecule has 1 amide bonds. The van der Waals surface area contributed by atoms with E-state index in [1.807, 2.05) is 6.92 Å². The number of hydrogen-bond acceptors (Lipinski definition) is 3. The van der Waals surface area contributed by atoms with Gasteiger partial charge in [0.25, 0.3) is 0 Å². The minimum Gasteiger partial charge on any atom is -0.481 e. The van der Waals surface area contributed by atoms with Crippen molar-refractivity contribution in [3.8, 4) is 0 Å². The van der Waals surface area contributed by atoms with Gasteiger partial charge in [-0.05, 0) is 25.2 Å². The Labute approximate surface area is 108 Å². The first-order valence-electron chi connectivity index (χ1n) is 6.55. The summed E-state index contributed by atoms with van der Waals surface area (Å²) in [6.07, 6.45) is 4.21. The van der Waals surface area contributed by atoms with E-state index in [0.717, 1.165) is 25.7 Å². The molecule has 1 atom stereocenters. The van der Waals surface area contributed by atoms with Crippen molar-refractivity contribution in [1.82, 2.24) is 5.32 Å². The van der Waals surface area contributed by atoms with Gasteiger partial charge in [0.15, 0.2) is 0 Å². The molecule has 0 bridgehead atoms. The van der Waals surface area contributed by atoms with Gasteiger partial charge >= 0.3 is 5.97 Å². The van der Waals surface area contributed by atoms with Crippen LogP contribution in [0.5, 0.6) is 0 Å². The van der Waals surface area contributed by atoms with Crippen molar-refractivity contribution in [3.63, 3.8) is 0 Å². The zero-order valence-corrected chi connectivity index (χ0v) is 11.2. The molecule has 1 rings (SSSR count). The molecule has 0 aromatic heterocycles. The zero-order valence-electron chi connectivity index (χ0n) is 11.2. The van der Waals surface area contributed by atoms with Crippen molar-refractivity contribution >= 4 is 11.9 Å². The van der Waals surface area contributed by atoms with E-state index in [-0.39, 0.29) is 23.8 Å². The Morgan fingerprint density at radius 1 is 1.44 bits per heavy atom. The molecule has 0 heterocycles. The first-order chi connectivity index (χ1) is 8.51. The fourth-order valence-corrected chi connectivity index (χ4v) is 2.25. The van der Waals surface area contributed by atoms with Crippen molar-refractivity contribution in [2.24, 2.45) is 5.92 Å². The molecule has 1 aliphatic rings. The minimum absolute atomic E-state index is 0.00587. The summed E-state index contributed by atoms with van der Waals surface area (Å²) in [4.78, 5) is 22.4. The minimum atomic E-state index is -0.816. The number of amides is 1. The molecule has 104 valence electrons. The van der Waals surface area contributed by atoms with E-state index in [2.05, 4.69) is 5.32 Å². The highest BCUT2D eigenvalue weighted by atomic mass is 16.5. The van der Waals surface area contributed by atoms with Gasteiger partial charge in [-0.25, -0.2) is 0 Å². The quantitative estimate of drug-likeness (QED) is 0.692. The van der Waals surface area contributed by atoms with Gasteiger partial charge in [-0.2, -0.15) is 0 Å². The molecule has 0 aliphatic heterocycles. The van der Waals surface area contributed by atoms with Crippen molar-refractivity contribution in [3.05, 3.63) is 0 Å². The predicted octanol–water partition coefficient (Wildman–Crippen LogP) is 1.56. The van der Waals surface area contributed by atoms with Crippen LogP contribution in [0, 0.1) is 5.92 Å². The molecule has 1 fully saturated rings. The highest BCUT2D eigenvalue weighted by molar-refractivity contribution is 5.77. The lowest BCUT2D eigenvalue weighted by molar-refractivity contribution is -0.139. The second-order valence-electron chi connectivity index (χ2n) is 5.09. The number of methoxy groups -OCH3 is 1. The number of nitrogens with one attached hydrogen (secondary N) is 1. The Bertz CT molecular complexity index is 294. The van der Waals surface area contributed by atoms with Gasteiger partial charge in [-0.15, -0.1) is 0 Å². The van der Waals surface area contributed by atoms with E-state index in [1.165, 1.54) is 0 Å². The average molecular weight is 257 g/mol. The lowest BCUT2D eigenvalue weighted by Crippen LogP contribution is -2.44. The maximum absolute atomic E-state index is 11.8. The fourth-order valence-electron chi connectivity index (χ4n) is 2.25. The summed E-state index contributed by atoms with van der Waals surface area (Å²) in [7, 11) is 1.64. The van der Waals surface area contributed by atoms with Gasteiger partial charge in [0, 0.05) is 20.1 Å². The molecule has 1 aliphatic carbocycles. The van der Waals surface area contributed by atoms with E-state index >= 15 is 0 Å². The molecular formula is C13H23NO4. The van der Waals surface area contributed by atoms with Crippen LogP contribution in [0.3, 0.4) is 0 Å². The first-order valence-corrected chi connectivity index (χ1v) is 6.55. The first kappa shape index (κ1) is 15.0. The normalized spacial score (nSPS) is 18.8. The van der Waals surface area contributed by atoms with Gasteiger partial charge in [-0.3, -0.25) is 9.59 Å². The number of carboxylic acid groups (broad SMARTS) is 1. The number of carbonyl (C=O) groups is 2. The third kappa shape index (κ3) is 4.29. The summed E-state index contributed by atoms with van der Waals surface area (Å²) in [5, 5.41) is 11.5. The number of carboxylic acids is 1. The van der Waals surface area contributed by atoms with Crippen molar-refractivity contribution in [2.75, 3.05) is 13.7 Å². The third-order valence-electron chi connectivity index (χ3n) is 3.81. The smallest absolute Gasteiger partial charge is 0.303 e. The number of hydrogen-bond donors (Lipinski definition) is 2. The molecule has 1 saturated carbocycles. The van der Waals surface area contributed by atoms with Crippen molar-refractivity contribution in [1.29, 1.82) is 0 Å². The van der Waals surface area contributed by atoms with E-state index in [9.17, 15) is 9.59 Å². The predicted molar refractivity (Wildman–Crippen MR) is 67.3 cm³/mol. The van der Waals surface area contributed by atoms with Gasteiger partial charge in [0.1, 0.15) is 0 Å². The maximum Gasteiger partial charge on any atom is 0.303 e. The van der Waals surface area contributed by atoms with Crippen LogP contribution in [0.15, 0.2) is 0 Å². The maximum atomic E-state index is 11.8. The second-order valence-corrected chi connectivity index (χ2v) is 5.09. The second kappa shape index (κ2) is 6.73. The molecule has 0 radical (unpaired) electrons. The highest BCUT2D eigenvalue weighted by Gasteiger charge is 2.38. The topological polar surface area (TPSA) is 75.6 Å². The summed E-state index contributed by atoms with van der Waals surface area (Å²) in [5.41, 5.74) is -0.265. The SMILES string of the molecule is CCC(CNC(=O)CC1(OC)CCC1)CC(=O)O. The van der Waals surface area contributed by atoms with Crippen LogP contribution < -0.4 is 5.32 Å². The zero-order chi connectivity index (χ0) is 13.6. The standard InChI is InChI=1S/C13H23NO4/c1-3-10(7-12(16)17)9-14-11(15)8-13(18-2)5-4-6-13/h10H,3-9H2,1-2H3,(H,14,15)(H,16,17). The van der Waals surface area contributed by atoms with Crippen LogP contribution in [0.25, 0.3) is 0 Å². The molecular weight excluding hydrogens is 234 g/mol. The van der Waals surface area contributed by atoms with Crippen LogP contribution in [0.4, 0.5) is 0 Å². The highest BCUT2D eigenvalue weighted by Crippen LogP contribution is 2.37. The molecule has 5 heteroatoms. The van der Waals surface area contributed by atoms with Gasteiger partial charge in [0.05, 0.1) is 12.0 Å². The lowest BCUT2D eigenvalue weighted by Gasteiger charge is -2.40. The Balaban J connectivity index is 2.29. The molecule has 1 unspecified atom stereocenters. The molecule has 0 spiro atoms. The molecule has 2 N–H and O–H groups in total. The van der Waals surface area contributed by atoms with Crippen molar-refractivity contribution < 1.29 is 19.4 Å². The Morgan fingerprint density at radius 3 is 2.50 bits per heavy atom. The Hall–Kier alpha value is -1.10. The van der Waals surface area contributed by atoms with Crippen LogP contribution in [0.1, 0.15) is 45.4 Å². The van der Waals surface area contributed by atoms with Gasteiger partial charge in [-0.1, -0.05) is 13.3 Å². The van der Waals surface area contributed by atoms with E-state index in [1.54, 1.807) is 7.11 Å². The van der Waals surface area contributed by atoms with E-state index in [4.69, 9.17) is 9.84 Å². The van der Waals surface area contributed by atoms with Crippen LogP contribution in [0.2, 0.25) is 0 Å². The van der Waals surface area contributed by atoms with E-state index < -0.39 is 5.97 Å². The number of aliphatic carboxylic acids is 1. The number of carbonyl (C=O) groups excluding carboxylic acids is 1. The average Bonchev–Trinajstić information content (AvgIpc) is 2.28. The summed E-state index contributed by atoms with van der Waals surface area (Å²) in [5.74, 6) is -0.852.